The number of fused-ring (bicyclic) bond motifs is 1. The molecule has 2 heterocycles. The van der Waals surface area contributed by atoms with Gasteiger partial charge in [-0.05, 0) is 67.1 Å². The van der Waals surface area contributed by atoms with Gasteiger partial charge in [-0.3, -0.25) is 4.90 Å². The SMILES string of the molecule is CC(c1ccccc1)N1CCC[C@H](Oc2ccc3c(N)nccc3c2)C1.O=CCc1ccccc1. The summed E-state index contributed by atoms with van der Waals surface area (Å²) in [7, 11) is 0. The van der Waals surface area contributed by atoms with Gasteiger partial charge in [-0.1, -0.05) is 60.7 Å². The van der Waals surface area contributed by atoms with Crippen LogP contribution in [-0.2, 0) is 11.2 Å². The molecule has 1 aliphatic rings. The average Bonchev–Trinajstić information content (AvgIpc) is 2.90. The zero-order chi connectivity index (χ0) is 24.5. The zero-order valence-electron chi connectivity index (χ0n) is 20.2. The maximum absolute atomic E-state index is 9.97. The zero-order valence-corrected chi connectivity index (χ0v) is 20.2. The number of anilines is 1. The lowest BCUT2D eigenvalue weighted by Gasteiger charge is -2.37. The van der Waals surface area contributed by atoms with E-state index in [4.69, 9.17) is 10.5 Å². The smallest absolute Gasteiger partial charge is 0.131 e. The summed E-state index contributed by atoms with van der Waals surface area (Å²) in [5, 5.41) is 2.04. The normalized spacial score (nSPS) is 16.7. The number of hydrogen-bond donors (Lipinski definition) is 1. The van der Waals surface area contributed by atoms with Gasteiger partial charge in [0.1, 0.15) is 24.0 Å². The number of aromatic nitrogens is 1. The predicted octanol–water partition coefficient (Wildman–Crippen LogP) is 5.85. The van der Waals surface area contributed by atoms with Gasteiger partial charge in [-0.25, -0.2) is 4.98 Å². The fourth-order valence-corrected chi connectivity index (χ4v) is 4.51. The molecule has 4 aromatic rings. The third kappa shape index (κ3) is 6.67. The van der Waals surface area contributed by atoms with Crippen LogP contribution in [0.2, 0.25) is 0 Å². The number of benzene rings is 3. The molecule has 1 fully saturated rings. The standard InChI is InChI=1S/C22H25N3O.C8H8O/c1-16(17-6-3-2-4-7-17)25-13-5-8-20(15-25)26-19-9-10-21-18(14-19)11-12-24-22(21)23;9-7-6-8-4-2-1-3-5-8/h2-4,6-7,9-12,14,16,20H,5,8,13,15H2,1H3,(H2,23,24);1-5,7H,6H2/t16?,20-;/m0./s1. The van der Waals surface area contributed by atoms with E-state index in [0.717, 1.165) is 54.3 Å². The molecule has 0 amide bonds. The van der Waals surface area contributed by atoms with Gasteiger partial charge in [0.25, 0.3) is 0 Å². The number of ether oxygens (including phenoxy) is 1. The largest absolute Gasteiger partial charge is 0.489 e. The number of nitrogen functional groups attached to an aromatic ring is 1. The number of likely N-dealkylation sites (tertiary alicyclic amines) is 1. The second-order valence-corrected chi connectivity index (χ2v) is 8.90. The molecule has 1 unspecified atom stereocenters. The number of hydrogen-bond acceptors (Lipinski definition) is 5. The van der Waals surface area contributed by atoms with E-state index in [1.54, 1.807) is 6.20 Å². The number of carbonyl (C=O) groups excluding carboxylic acids is 1. The summed E-state index contributed by atoms with van der Waals surface area (Å²) < 4.78 is 6.32. The molecule has 1 saturated heterocycles. The number of pyridine rings is 1. The van der Waals surface area contributed by atoms with Crippen molar-refractivity contribution in [3.05, 3.63) is 102 Å². The number of nitrogens with two attached hydrogens (primary N) is 1. The Morgan fingerprint density at radius 1 is 1.06 bits per heavy atom. The molecule has 0 aliphatic carbocycles. The number of carbonyl (C=O) groups is 1. The van der Waals surface area contributed by atoms with Crippen LogP contribution >= 0.6 is 0 Å². The lowest BCUT2D eigenvalue weighted by atomic mass is 10.0. The molecule has 35 heavy (non-hydrogen) atoms. The highest BCUT2D eigenvalue weighted by atomic mass is 16.5. The first-order valence-electron chi connectivity index (χ1n) is 12.2. The first-order valence-corrected chi connectivity index (χ1v) is 12.2. The van der Waals surface area contributed by atoms with E-state index in [1.807, 2.05) is 48.5 Å². The van der Waals surface area contributed by atoms with Crippen molar-refractivity contribution >= 4 is 22.9 Å². The maximum atomic E-state index is 9.97. The van der Waals surface area contributed by atoms with Crippen LogP contribution < -0.4 is 10.5 Å². The molecule has 0 spiro atoms. The van der Waals surface area contributed by atoms with E-state index in [9.17, 15) is 4.79 Å². The lowest BCUT2D eigenvalue weighted by molar-refractivity contribution is -0.107. The quantitative estimate of drug-likeness (QED) is 0.360. The fraction of sp³-hybridized carbons (Fsp3) is 0.267. The third-order valence-electron chi connectivity index (χ3n) is 6.47. The Bertz CT molecular complexity index is 1210. The van der Waals surface area contributed by atoms with Crippen LogP contribution in [-0.4, -0.2) is 35.4 Å². The molecule has 1 aromatic heterocycles. The van der Waals surface area contributed by atoms with Crippen molar-refractivity contribution < 1.29 is 9.53 Å². The minimum Gasteiger partial charge on any atom is -0.489 e. The topological polar surface area (TPSA) is 68.5 Å². The Balaban J connectivity index is 0.000000271. The van der Waals surface area contributed by atoms with Crippen molar-refractivity contribution in [3.63, 3.8) is 0 Å². The summed E-state index contributed by atoms with van der Waals surface area (Å²) in [5.41, 5.74) is 8.38. The summed E-state index contributed by atoms with van der Waals surface area (Å²) in [4.78, 5) is 16.6. The van der Waals surface area contributed by atoms with Crippen molar-refractivity contribution in [2.75, 3.05) is 18.8 Å². The molecule has 3 aromatic carbocycles. The van der Waals surface area contributed by atoms with Crippen molar-refractivity contribution in [2.45, 2.75) is 38.3 Å². The van der Waals surface area contributed by atoms with E-state index in [2.05, 4.69) is 53.2 Å². The van der Waals surface area contributed by atoms with Crippen LogP contribution in [0.1, 0.15) is 36.9 Å². The lowest BCUT2D eigenvalue weighted by Crippen LogP contribution is -2.42. The van der Waals surface area contributed by atoms with Crippen LogP contribution in [0.5, 0.6) is 5.75 Å². The second kappa shape index (κ2) is 12.1. The van der Waals surface area contributed by atoms with Gasteiger partial charge in [0.05, 0.1) is 0 Å². The average molecular weight is 468 g/mol. The van der Waals surface area contributed by atoms with E-state index < -0.39 is 0 Å². The highest BCUT2D eigenvalue weighted by Gasteiger charge is 2.25. The summed E-state index contributed by atoms with van der Waals surface area (Å²) in [6.45, 7) is 4.35. The third-order valence-corrected chi connectivity index (χ3v) is 6.47. The van der Waals surface area contributed by atoms with Crippen LogP contribution in [0.15, 0.2) is 91.1 Å². The molecule has 5 rings (SSSR count). The first-order chi connectivity index (χ1) is 17.1. The van der Waals surface area contributed by atoms with Gasteiger partial charge < -0.3 is 15.3 Å². The van der Waals surface area contributed by atoms with Crippen molar-refractivity contribution in [2.24, 2.45) is 0 Å². The molecule has 180 valence electrons. The Morgan fingerprint density at radius 2 is 1.80 bits per heavy atom. The van der Waals surface area contributed by atoms with Gasteiger partial charge in [0.15, 0.2) is 0 Å². The Labute approximate surface area is 207 Å². The summed E-state index contributed by atoms with van der Waals surface area (Å²) in [5.74, 6) is 1.47. The monoisotopic (exact) mass is 467 g/mol. The minimum atomic E-state index is 0.214. The Hall–Kier alpha value is -3.70. The van der Waals surface area contributed by atoms with Gasteiger partial charge in [-0.2, -0.15) is 0 Å². The van der Waals surface area contributed by atoms with Crippen LogP contribution in [0.3, 0.4) is 0 Å². The number of aldehydes is 1. The van der Waals surface area contributed by atoms with Gasteiger partial charge in [0, 0.05) is 30.6 Å². The molecule has 0 saturated carbocycles. The van der Waals surface area contributed by atoms with Crippen molar-refractivity contribution in [1.82, 2.24) is 9.88 Å². The van der Waals surface area contributed by atoms with Gasteiger partial charge in [0.2, 0.25) is 0 Å². The summed E-state index contributed by atoms with van der Waals surface area (Å²) in [6, 6.07) is 28.8. The number of nitrogens with zero attached hydrogens (tertiary/aromatic N) is 2. The van der Waals surface area contributed by atoms with Crippen molar-refractivity contribution in [1.29, 1.82) is 0 Å². The summed E-state index contributed by atoms with van der Waals surface area (Å²) >= 11 is 0. The van der Waals surface area contributed by atoms with Crippen molar-refractivity contribution in [3.8, 4) is 5.75 Å². The maximum Gasteiger partial charge on any atom is 0.131 e. The Kier molecular flexibility index (Phi) is 8.47. The van der Waals surface area contributed by atoms with Crippen LogP contribution in [0, 0.1) is 0 Å². The van der Waals surface area contributed by atoms with Crippen LogP contribution in [0.25, 0.3) is 10.8 Å². The van der Waals surface area contributed by atoms with Gasteiger partial charge in [-0.15, -0.1) is 0 Å². The predicted molar refractivity (Wildman–Crippen MR) is 142 cm³/mol. The second-order valence-electron chi connectivity index (χ2n) is 8.90. The van der Waals surface area contributed by atoms with Gasteiger partial charge >= 0.3 is 0 Å². The molecule has 1 aliphatic heterocycles. The molecular weight excluding hydrogens is 434 g/mol. The fourth-order valence-electron chi connectivity index (χ4n) is 4.51. The Morgan fingerprint density at radius 3 is 2.54 bits per heavy atom. The molecule has 0 bridgehead atoms. The minimum absolute atomic E-state index is 0.214. The number of piperidine rings is 1. The molecule has 5 nitrogen and oxygen atoms in total. The molecular formula is C30H33N3O2. The first kappa shape index (κ1) is 24.4. The molecule has 2 N–H and O–H groups in total. The van der Waals surface area contributed by atoms with E-state index >= 15 is 0 Å². The highest BCUT2D eigenvalue weighted by molar-refractivity contribution is 5.91. The highest BCUT2D eigenvalue weighted by Crippen LogP contribution is 2.28. The van der Waals surface area contributed by atoms with Crippen LogP contribution in [0.4, 0.5) is 5.82 Å². The molecule has 2 atom stereocenters. The molecule has 0 radical (unpaired) electrons. The molecule has 5 heteroatoms. The number of rotatable bonds is 6. The van der Waals surface area contributed by atoms with E-state index in [-0.39, 0.29) is 6.10 Å². The van der Waals surface area contributed by atoms with E-state index in [0.29, 0.717) is 18.3 Å². The van der Waals surface area contributed by atoms with E-state index in [1.165, 1.54) is 5.56 Å². The summed E-state index contributed by atoms with van der Waals surface area (Å²) in [6.07, 6.45) is 5.65.